The monoisotopic (exact) mass is 341 g/mol. The summed E-state index contributed by atoms with van der Waals surface area (Å²) in [7, 11) is 0. The first-order valence-electron chi connectivity index (χ1n) is 8.54. The molecule has 4 nitrogen and oxygen atoms in total. The molecule has 0 saturated heterocycles. The summed E-state index contributed by atoms with van der Waals surface area (Å²) in [6, 6.07) is 23.4. The van der Waals surface area contributed by atoms with Crippen LogP contribution >= 0.6 is 0 Å². The van der Waals surface area contributed by atoms with Gasteiger partial charge in [-0.05, 0) is 38.1 Å². The van der Waals surface area contributed by atoms with E-state index in [1.807, 2.05) is 86.6 Å². The average molecular weight is 341 g/mol. The fourth-order valence-electron chi connectivity index (χ4n) is 2.91. The van der Waals surface area contributed by atoms with Crippen LogP contribution in [0.3, 0.4) is 0 Å². The molecule has 0 spiro atoms. The van der Waals surface area contributed by atoms with Gasteiger partial charge in [0.05, 0.1) is 11.0 Å². The minimum Gasteiger partial charge on any atom is -0.267 e. The first kappa shape index (κ1) is 16.1. The number of amides is 1. The van der Waals surface area contributed by atoms with Gasteiger partial charge in [0.1, 0.15) is 0 Å². The number of carbonyl (C=O) groups excluding carboxylic acids is 1. The smallest absolute Gasteiger partial charge is 0.267 e. The molecule has 3 aromatic carbocycles. The Labute approximate surface area is 152 Å². The van der Waals surface area contributed by atoms with Crippen molar-refractivity contribution in [2.24, 2.45) is 0 Å². The second-order valence-electron chi connectivity index (χ2n) is 6.43. The van der Waals surface area contributed by atoms with Crippen LogP contribution in [0, 0.1) is 13.8 Å². The molecule has 0 unspecified atom stereocenters. The van der Waals surface area contributed by atoms with E-state index >= 15 is 0 Å². The lowest BCUT2D eigenvalue weighted by Gasteiger charge is -2.11. The zero-order valence-corrected chi connectivity index (χ0v) is 14.7. The molecule has 26 heavy (non-hydrogen) atoms. The molecule has 0 aliphatic heterocycles. The molecule has 4 aromatic rings. The van der Waals surface area contributed by atoms with Crippen LogP contribution in [0.5, 0.6) is 0 Å². The fourth-order valence-corrected chi connectivity index (χ4v) is 2.91. The number of carbonyl (C=O) groups is 1. The van der Waals surface area contributed by atoms with E-state index in [0.29, 0.717) is 11.4 Å². The van der Waals surface area contributed by atoms with Crippen molar-refractivity contribution in [1.82, 2.24) is 9.66 Å². The Balaban J connectivity index is 1.79. The zero-order chi connectivity index (χ0) is 18.1. The summed E-state index contributed by atoms with van der Waals surface area (Å²) in [6.07, 6.45) is 0. The minimum atomic E-state index is -0.165. The van der Waals surface area contributed by atoms with Gasteiger partial charge < -0.3 is 0 Å². The summed E-state index contributed by atoms with van der Waals surface area (Å²) >= 11 is 0. The standard InChI is InChI=1S/C22H19N3O/c1-15-7-11-17(12-8-15)21-23-19-5-3-4-6-20(19)25(21)24-22(26)18-13-9-16(2)10-14-18/h3-14H,1-2H3,(H,24,26). The van der Waals surface area contributed by atoms with Crippen molar-refractivity contribution in [3.05, 3.63) is 89.5 Å². The van der Waals surface area contributed by atoms with E-state index in [2.05, 4.69) is 5.43 Å². The Kier molecular flexibility index (Phi) is 4.01. The van der Waals surface area contributed by atoms with Crippen molar-refractivity contribution in [1.29, 1.82) is 0 Å². The number of aryl methyl sites for hydroxylation is 2. The number of para-hydroxylation sites is 2. The molecule has 4 rings (SSSR count). The van der Waals surface area contributed by atoms with E-state index in [9.17, 15) is 4.79 Å². The second kappa shape index (κ2) is 6.48. The summed E-state index contributed by atoms with van der Waals surface area (Å²) in [4.78, 5) is 17.5. The van der Waals surface area contributed by atoms with Crippen molar-refractivity contribution in [2.45, 2.75) is 13.8 Å². The number of nitrogens with zero attached hydrogens (tertiary/aromatic N) is 2. The Morgan fingerprint density at radius 2 is 1.46 bits per heavy atom. The molecule has 1 aromatic heterocycles. The summed E-state index contributed by atoms with van der Waals surface area (Å²) in [6.45, 7) is 4.05. The van der Waals surface area contributed by atoms with Gasteiger partial charge in [-0.15, -0.1) is 0 Å². The Morgan fingerprint density at radius 3 is 2.15 bits per heavy atom. The van der Waals surface area contributed by atoms with Crippen LogP contribution in [0.1, 0.15) is 21.5 Å². The van der Waals surface area contributed by atoms with Crippen LogP contribution in [0.15, 0.2) is 72.8 Å². The Bertz CT molecular complexity index is 1080. The lowest BCUT2D eigenvalue weighted by Crippen LogP contribution is -2.23. The number of nitrogens with one attached hydrogen (secondary N) is 1. The first-order valence-corrected chi connectivity index (χ1v) is 8.54. The molecule has 1 heterocycles. The maximum Gasteiger partial charge on any atom is 0.270 e. The van der Waals surface area contributed by atoms with Crippen LogP contribution in [-0.2, 0) is 0 Å². The predicted octanol–water partition coefficient (Wildman–Crippen LogP) is 4.70. The minimum absolute atomic E-state index is 0.165. The molecule has 0 aliphatic carbocycles. The summed E-state index contributed by atoms with van der Waals surface area (Å²) in [5.41, 5.74) is 8.57. The van der Waals surface area contributed by atoms with Gasteiger partial charge >= 0.3 is 0 Å². The van der Waals surface area contributed by atoms with Crippen LogP contribution in [0.4, 0.5) is 0 Å². The van der Waals surface area contributed by atoms with Gasteiger partial charge in [0.2, 0.25) is 0 Å². The third-order valence-corrected chi connectivity index (χ3v) is 4.40. The Hall–Kier alpha value is -3.40. The zero-order valence-electron chi connectivity index (χ0n) is 14.7. The number of rotatable bonds is 3. The van der Waals surface area contributed by atoms with Crippen LogP contribution in [-0.4, -0.2) is 15.6 Å². The molecule has 0 saturated carbocycles. The van der Waals surface area contributed by atoms with Gasteiger partial charge in [-0.1, -0.05) is 59.7 Å². The summed E-state index contributed by atoms with van der Waals surface area (Å²) in [5.74, 6) is 0.549. The highest BCUT2D eigenvalue weighted by Crippen LogP contribution is 2.24. The molecule has 4 heteroatoms. The van der Waals surface area contributed by atoms with Crippen molar-refractivity contribution in [2.75, 3.05) is 5.43 Å². The maximum absolute atomic E-state index is 12.7. The van der Waals surface area contributed by atoms with E-state index in [0.717, 1.165) is 22.2 Å². The number of aromatic nitrogens is 2. The van der Waals surface area contributed by atoms with Gasteiger partial charge in [0, 0.05) is 11.1 Å². The van der Waals surface area contributed by atoms with E-state index in [1.54, 1.807) is 4.68 Å². The average Bonchev–Trinajstić information content (AvgIpc) is 3.01. The highest BCUT2D eigenvalue weighted by molar-refractivity contribution is 6.01. The maximum atomic E-state index is 12.7. The molecule has 0 bridgehead atoms. The van der Waals surface area contributed by atoms with Gasteiger partial charge in [0.15, 0.2) is 5.82 Å². The van der Waals surface area contributed by atoms with E-state index in [-0.39, 0.29) is 5.91 Å². The van der Waals surface area contributed by atoms with Crippen LogP contribution in [0.25, 0.3) is 22.4 Å². The highest BCUT2D eigenvalue weighted by Gasteiger charge is 2.15. The third kappa shape index (κ3) is 2.97. The molecule has 0 aliphatic rings. The third-order valence-electron chi connectivity index (χ3n) is 4.40. The van der Waals surface area contributed by atoms with Gasteiger partial charge in [-0.2, -0.15) is 0 Å². The van der Waals surface area contributed by atoms with Crippen molar-refractivity contribution in [3.63, 3.8) is 0 Å². The Morgan fingerprint density at radius 1 is 0.846 bits per heavy atom. The van der Waals surface area contributed by atoms with Gasteiger partial charge in [-0.3, -0.25) is 10.2 Å². The van der Waals surface area contributed by atoms with E-state index in [4.69, 9.17) is 4.98 Å². The number of hydrogen-bond donors (Lipinski definition) is 1. The topological polar surface area (TPSA) is 46.9 Å². The van der Waals surface area contributed by atoms with E-state index in [1.165, 1.54) is 5.56 Å². The van der Waals surface area contributed by atoms with Crippen LogP contribution in [0.2, 0.25) is 0 Å². The van der Waals surface area contributed by atoms with E-state index < -0.39 is 0 Å². The number of imidazole rings is 1. The molecule has 0 fully saturated rings. The van der Waals surface area contributed by atoms with Gasteiger partial charge in [-0.25, -0.2) is 9.66 Å². The summed E-state index contributed by atoms with van der Waals surface area (Å²) in [5, 5.41) is 0. The SMILES string of the molecule is Cc1ccc(C(=O)Nn2c(-c3ccc(C)cc3)nc3ccccc32)cc1. The number of fused-ring (bicyclic) bond motifs is 1. The lowest BCUT2D eigenvalue weighted by molar-refractivity contribution is 0.101. The summed E-state index contributed by atoms with van der Waals surface area (Å²) < 4.78 is 1.77. The first-order chi connectivity index (χ1) is 12.6. The number of hydrogen-bond acceptors (Lipinski definition) is 2. The molecular formula is C22H19N3O. The quantitative estimate of drug-likeness (QED) is 0.587. The highest BCUT2D eigenvalue weighted by atomic mass is 16.2. The number of benzene rings is 3. The molecule has 128 valence electrons. The van der Waals surface area contributed by atoms with Gasteiger partial charge in [0.25, 0.3) is 5.91 Å². The van der Waals surface area contributed by atoms with Crippen LogP contribution < -0.4 is 5.43 Å². The molecular weight excluding hydrogens is 322 g/mol. The molecule has 0 atom stereocenters. The fraction of sp³-hybridized carbons (Fsp3) is 0.0909. The van der Waals surface area contributed by atoms with Crippen molar-refractivity contribution < 1.29 is 4.79 Å². The lowest BCUT2D eigenvalue weighted by atomic mass is 10.1. The molecule has 1 N–H and O–H groups in total. The van der Waals surface area contributed by atoms with Crippen molar-refractivity contribution >= 4 is 16.9 Å². The second-order valence-corrected chi connectivity index (χ2v) is 6.43. The normalized spacial score (nSPS) is 10.8. The molecule has 0 radical (unpaired) electrons. The molecule has 1 amide bonds. The predicted molar refractivity (Wildman–Crippen MR) is 105 cm³/mol. The largest absolute Gasteiger partial charge is 0.270 e. The van der Waals surface area contributed by atoms with Crippen molar-refractivity contribution in [3.8, 4) is 11.4 Å².